The van der Waals surface area contributed by atoms with Gasteiger partial charge in [-0.2, -0.15) is 24.3 Å². The predicted octanol–water partition coefficient (Wildman–Crippen LogP) is 2.78. The van der Waals surface area contributed by atoms with Crippen LogP contribution in [0, 0.1) is 6.07 Å². The first kappa shape index (κ1) is 14.1. The summed E-state index contributed by atoms with van der Waals surface area (Å²) < 4.78 is 5.35. The van der Waals surface area contributed by atoms with Crippen LogP contribution in [-0.2, 0) is 28.2 Å². The fourth-order valence-electron chi connectivity index (χ4n) is 1.76. The zero-order valence-electron chi connectivity index (χ0n) is 10.2. The van der Waals surface area contributed by atoms with Crippen LogP contribution in [0.5, 0.6) is 0 Å². The molecule has 0 spiro atoms. The normalized spacial score (nSPS) is 13.9. The molecule has 1 aromatic carbocycles. The third-order valence-corrected chi connectivity index (χ3v) is 2.41. The molecule has 0 atom stereocenters. The van der Waals surface area contributed by atoms with Gasteiger partial charge in [0.1, 0.15) is 5.60 Å². The van der Waals surface area contributed by atoms with Crippen molar-refractivity contribution in [1.82, 2.24) is 0 Å². The van der Waals surface area contributed by atoms with Gasteiger partial charge in [0.2, 0.25) is 0 Å². The fraction of sp³-hybridized carbons (Fsp3) is 0.462. The summed E-state index contributed by atoms with van der Waals surface area (Å²) in [5.74, 6) is 0. The first-order chi connectivity index (χ1) is 7.47. The molecule has 0 aromatic heterocycles. The van der Waals surface area contributed by atoms with Crippen molar-refractivity contribution in [2.75, 3.05) is 11.4 Å². The van der Waals surface area contributed by atoms with E-state index in [9.17, 15) is 4.79 Å². The smallest absolute Gasteiger partial charge is 0.443 e. The second kappa shape index (κ2) is 5.11. The Morgan fingerprint density at radius 1 is 1.47 bits per heavy atom. The van der Waals surface area contributed by atoms with E-state index < -0.39 is 5.60 Å². The molecular weight excluding hydrogens is 266 g/mol. The minimum Gasteiger partial charge on any atom is -0.443 e. The summed E-state index contributed by atoms with van der Waals surface area (Å²) in [5, 5.41) is 0. The zero-order valence-corrected chi connectivity index (χ0v) is 11.2. The first-order valence-corrected chi connectivity index (χ1v) is 5.47. The van der Waals surface area contributed by atoms with Gasteiger partial charge >= 0.3 is 23.2 Å². The standard InChI is InChI=1S/C13H16NO2.Cu/c1-13(2,3)16-12(15)14-9-8-10-6-4-5-7-11(10)14;/h4-6H,8-9H2,1-3H3;/q-1;+1. The average molecular weight is 282 g/mol. The number of nitrogens with zero attached hydrogens (tertiary/aromatic N) is 1. The monoisotopic (exact) mass is 281 g/mol. The largest absolute Gasteiger partial charge is 1.00 e. The summed E-state index contributed by atoms with van der Waals surface area (Å²) in [7, 11) is 0. The summed E-state index contributed by atoms with van der Waals surface area (Å²) in [5.41, 5.74) is 1.57. The number of benzene rings is 1. The second-order valence-electron chi connectivity index (χ2n) is 4.93. The van der Waals surface area contributed by atoms with Crippen LogP contribution >= 0.6 is 0 Å². The Balaban J connectivity index is 0.00000144. The van der Waals surface area contributed by atoms with E-state index in [2.05, 4.69) is 6.07 Å². The van der Waals surface area contributed by atoms with Gasteiger partial charge in [-0.05, 0) is 20.8 Å². The molecule has 0 radical (unpaired) electrons. The molecule has 17 heavy (non-hydrogen) atoms. The van der Waals surface area contributed by atoms with Gasteiger partial charge in [0.25, 0.3) is 0 Å². The van der Waals surface area contributed by atoms with Crippen LogP contribution < -0.4 is 4.90 Å². The van der Waals surface area contributed by atoms with E-state index in [1.165, 1.54) is 0 Å². The van der Waals surface area contributed by atoms with Crippen molar-refractivity contribution >= 4 is 11.8 Å². The van der Waals surface area contributed by atoms with Crippen molar-refractivity contribution in [3.8, 4) is 0 Å². The zero-order chi connectivity index (χ0) is 11.8. The van der Waals surface area contributed by atoms with E-state index in [1.807, 2.05) is 39.0 Å². The Morgan fingerprint density at radius 2 is 2.18 bits per heavy atom. The Hall–Kier alpha value is -0.991. The second-order valence-corrected chi connectivity index (χ2v) is 4.93. The van der Waals surface area contributed by atoms with Crippen molar-refractivity contribution in [2.45, 2.75) is 32.8 Å². The number of hydrogen-bond acceptors (Lipinski definition) is 2. The van der Waals surface area contributed by atoms with E-state index in [-0.39, 0.29) is 23.2 Å². The van der Waals surface area contributed by atoms with Crippen LogP contribution in [0.15, 0.2) is 18.2 Å². The van der Waals surface area contributed by atoms with Crippen LogP contribution in [0.4, 0.5) is 10.5 Å². The number of carbonyl (C=O) groups is 1. The molecule has 1 aliphatic heterocycles. The number of para-hydroxylation sites is 1. The van der Waals surface area contributed by atoms with Crippen LogP contribution in [-0.4, -0.2) is 18.2 Å². The summed E-state index contributed by atoms with van der Waals surface area (Å²) in [6.45, 7) is 6.30. The quantitative estimate of drug-likeness (QED) is 0.541. The summed E-state index contributed by atoms with van der Waals surface area (Å²) in [6.07, 6.45) is 0.597. The number of carbonyl (C=O) groups excluding carboxylic acids is 1. The van der Waals surface area contributed by atoms with Gasteiger partial charge in [-0.3, -0.25) is 0 Å². The number of rotatable bonds is 0. The molecule has 0 saturated carbocycles. The van der Waals surface area contributed by atoms with Gasteiger partial charge in [-0.15, -0.1) is 5.56 Å². The maximum atomic E-state index is 11.9. The molecule has 2 rings (SSSR count). The van der Waals surface area contributed by atoms with Gasteiger partial charge in [0.15, 0.2) is 0 Å². The molecule has 0 unspecified atom stereocenters. The molecule has 0 N–H and O–H groups in total. The molecular formula is C13H16CuNO2. The van der Waals surface area contributed by atoms with Gasteiger partial charge in [-0.1, -0.05) is 12.1 Å². The predicted molar refractivity (Wildman–Crippen MR) is 62.6 cm³/mol. The number of hydrogen-bond donors (Lipinski definition) is 0. The van der Waals surface area contributed by atoms with E-state index in [4.69, 9.17) is 4.74 Å². The molecule has 96 valence electrons. The number of amides is 1. The molecule has 0 saturated heterocycles. The molecule has 0 fully saturated rings. The van der Waals surface area contributed by atoms with Gasteiger partial charge in [-0.25, -0.2) is 4.79 Å². The Kier molecular flexibility index (Phi) is 4.23. The van der Waals surface area contributed by atoms with Crippen LogP contribution in [0.2, 0.25) is 0 Å². The number of anilines is 1. The Bertz CT molecular complexity index is 412. The molecule has 0 aliphatic carbocycles. The average Bonchev–Trinajstić information content (AvgIpc) is 2.58. The molecule has 1 amide bonds. The summed E-state index contributed by atoms with van der Waals surface area (Å²) in [6, 6.07) is 8.88. The van der Waals surface area contributed by atoms with E-state index in [0.29, 0.717) is 6.54 Å². The number of fused-ring (bicyclic) bond motifs is 1. The molecule has 4 heteroatoms. The van der Waals surface area contributed by atoms with Crippen molar-refractivity contribution < 1.29 is 26.6 Å². The van der Waals surface area contributed by atoms with Crippen LogP contribution in [0.25, 0.3) is 0 Å². The minimum absolute atomic E-state index is 0. The Labute approximate surface area is 113 Å². The third kappa shape index (κ3) is 3.24. The van der Waals surface area contributed by atoms with E-state index in [1.54, 1.807) is 4.90 Å². The third-order valence-electron chi connectivity index (χ3n) is 2.41. The van der Waals surface area contributed by atoms with Crippen LogP contribution in [0.3, 0.4) is 0 Å². The van der Waals surface area contributed by atoms with Gasteiger partial charge in [0, 0.05) is 6.54 Å². The number of ether oxygens (including phenoxy) is 1. The van der Waals surface area contributed by atoms with Crippen molar-refractivity contribution in [2.24, 2.45) is 0 Å². The molecule has 1 aliphatic rings. The first-order valence-electron chi connectivity index (χ1n) is 5.47. The van der Waals surface area contributed by atoms with Crippen molar-refractivity contribution in [3.63, 3.8) is 0 Å². The van der Waals surface area contributed by atoms with Gasteiger partial charge < -0.3 is 9.64 Å². The molecule has 1 aromatic rings. The van der Waals surface area contributed by atoms with Crippen molar-refractivity contribution in [3.05, 3.63) is 29.8 Å². The SMILES string of the molecule is CC(C)(C)OC(=O)N1CCc2ccc[c-]c21.[Cu+]. The van der Waals surface area contributed by atoms with E-state index >= 15 is 0 Å². The molecule has 1 heterocycles. The summed E-state index contributed by atoms with van der Waals surface area (Å²) in [4.78, 5) is 13.6. The fourth-order valence-corrected chi connectivity index (χ4v) is 1.76. The van der Waals surface area contributed by atoms with Crippen molar-refractivity contribution in [1.29, 1.82) is 0 Å². The maximum Gasteiger partial charge on any atom is 1.00 e. The topological polar surface area (TPSA) is 29.5 Å². The van der Waals surface area contributed by atoms with E-state index in [0.717, 1.165) is 17.7 Å². The minimum atomic E-state index is -0.450. The maximum absolute atomic E-state index is 11.9. The Morgan fingerprint density at radius 3 is 2.82 bits per heavy atom. The summed E-state index contributed by atoms with van der Waals surface area (Å²) >= 11 is 0. The van der Waals surface area contributed by atoms with Crippen LogP contribution in [0.1, 0.15) is 26.3 Å². The molecule has 3 nitrogen and oxygen atoms in total. The molecule has 0 bridgehead atoms. The van der Waals surface area contributed by atoms with Gasteiger partial charge in [0.05, 0.1) is 0 Å².